The summed E-state index contributed by atoms with van der Waals surface area (Å²) in [7, 11) is 0. The van der Waals surface area contributed by atoms with Crippen molar-refractivity contribution in [3.63, 3.8) is 0 Å². The lowest BCUT2D eigenvalue weighted by Gasteiger charge is -1.93. The van der Waals surface area contributed by atoms with Crippen molar-refractivity contribution in [1.82, 2.24) is 4.98 Å². The average Bonchev–Trinajstić information content (AvgIpc) is 2.97. The Kier molecular flexibility index (Phi) is 4.19. The second-order valence-electron chi connectivity index (χ2n) is 4.19. The van der Waals surface area contributed by atoms with Gasteiger partial charge in [0.15, 0.2) is 0 Å². The van der Waals surface area contributed by atoms with Crippen LogP contribution >= 0.6 is 11.3 Å². The molecule has 2 aromatic heterocycles. The highest BCUT2D eigenvalue weighted by atomic mass is 32.1. The molecule has 0 aliphatic carbocycles. The molecular weight excluding hydrogens is 282 g/mol. The van der Waals surface area contributed by atoms with E-state index in [1.54, 1.807) is 6.07 Å². The van der Waals surface area contributed by atoms with E-state index < -0.39 is 11.9 Å². The van der Waals surface area contributed by atoms with Gasteiger partial charge in [0, 0.05) is 0 Å². The fraction of sp³-hybridized carbons (Fsp3) is 0.308. The van der Waals surface area contributed by atoms with E-state index in [0.717, 1.165) is 17.8 Å². The minimum Gasteiger partial charge on any atom is -0.477 e. The van der Waals surface area contributed by atoms with Crippen molar-refractivity contribution < 1.29 is 24.2 Å². The van der Waals surface area contributed by atoms with Gasteiger partial charge in [-0.25, -0.2) is 14.6 Å². The van der Waals surface area contributed by atoms with Gasteiger partial charge in [-0.05, 0) is 18.6 Å². The second kappa shape index (κ2) is 5.87. The summed E-state index contributed by atoms with van der Waals surface area (Å²) in [5, 5.41) is 18.5. The van der Waals surface area contributed by atoms with Gasteiger partial charge in [0.25, 0.3) is 0 Å². The molecule has 0 saturated carbocycles. The van der Waals surface area contributed by atoms with Crippen LogP contribution in [-0.2, 0) is 12.8 Å². The summed E-state index contributed by atoms with van der Waals surface area (Å²) < 4.78 is 5.14. The zero-order valence-corrected chi connectivity index (χ0v) is 11.6. The Morgan fingerprint density at radius 3 is 2.60 bits per heavy atom. The summed E-state index contributed by atoms with van der Waals surface area (Å²) in [5.41, 5.74) is 0.574. The molecule has 0 aliphatic heterocycles. The van der Waals surface area contributed by atoms with Crippen molar-refractivity contribution in [3.05, 3.63) is 39.2 Å². The zero-order valence-electron chi connectivity index (χ0n) is 10.8. The van der Waals surface area contributed by atoms with Crippen molar-refractivity contribution in [1.29, 1.82) is 0 Å². The Bertz CT molecular complexity index is 643. The van der Waals surface area contributed by atoms with Crippen LogP contribution in [0.1, 0.15) is 50.0 Å². The van der Waals surface area contributed by atoms with Gasteiger partial charge in [-0.3, -0.25) is 0 Å². The molecule has 2 rings (SSSR count). The summed E-state index contributed by atoms with van der Waals surface area (Å²) >= 11 is 1.10. The van der Waals surface area contributed by atoms with Crippen molar-refractivity contribution >= 4 is 23.3 Å². The van der Waals surface area contributed by atoms with Gasteiger partial charge < -0.3 is 14.6 Å². The van der Waals surface area contributed by atoms with Crippen molar-refractivity contribution in [2.24, 2.45) is 0 Å². The van der Waals surface area contributed by atoms with Crippen LogP contribution in [0, 0.1) is 0 Å². The first-order valence-corrected chi connectivity index (χ1v) is 6.86. The standard InChI is InChI=1S/C13H13NO5S/c1-2-3-8-11(13(17)18)20-10(14-8)6-7-4-5-9(19-7)12(15)16/h4-5H,2-3,6H2,1H3,(H,15,16)(H,17,18). The number of thiazole rings is 1. The lowest BCUT2D eigenvalue weighted by Crippen LogP contribution is -1.98. The quantitative estimate of drug-likeness (QED) is 0.849. The van der Waals surface area contributed by atoms with Crippen LogP contribution in [-0.4, -0.2) is 27.1 Å². The minimum atomic E-state index is -1.13. The third kappa shape index (κ3) is 3.05. The Hall–Kier alpha value is -2.15. The number of carbonyl (C=O) groups is 2. The topological polar surface area (TPSA) is 101 Å². The fourth-order valence-corrected chi connectivity index (χ4v) is 2.75. The Balaban J connectivity index is 2.22. The smallest absolute Gasteiger partial charge is 0.371 e. The van der Waals surface area contributed by atoms with Gasteiger partial charge in [-0.2, -0.15) is 0 Å². The molecule has 0 unspecified atom stereocenters. The molecule has 7 heteroatoms. The maximum atomic E-state index is 11.1. The normalized spacial score (nSPS) is 10.7. The van der Waals surface area contributed by atoms with E-state index in [-0.39, 0.29) is 10.6 Å². The Morgan fingerprint density at radius 1 is 1.30 bits per heavy atom. The van der Waals surface area contributed by atoms with Gasteiger partial charge >= 0.3 is 11.9 Å². The molecule has 0 amide bonds. The molecule has 0 radical (unpaired) electrons. The maximum absolute atomic E-state index is 11.1. The molecule has 2 N–H and O–H groups in total. The van der Waals surface area contributed by atoms with E-state index in [1.165, 1.54) is 6.07 Å². The van der Waals surface area contributed by atoms with Crippen molar-refractivity contribution in [3.8, 4) is 0 Å². The van der Waals surface area contributed by atoms with Crippen LogP contribution < -0.4 is 0 Å². The highest BCUT2D eigenvalue weighted by Gasteiger charge is 2.18. The predicted octanol–water partition coefficient (Wildman–Crippen LogP) is 2.68. The van der Waals surface area contributed by atoms with Crippen LogP contribution in [0.25, 0.3) is 0 Å². The summed E-state index contributed by atoms with van der Waals surface area (Å²) in [5.74, 6) is -1.80. The van der Waals surface area contributed by atoms with Crippen LogP contribution in [0.3, 0.4) is 0 Å². The molecule has 0 saturated heterocycles. The van der Waals surface area contributed by atoms with Gasteiger partial charge in [0.1, 0.15) is 15.6 Å². The van der Waals surface area contributed by atoms with Gasteiger partial charge in [0.05, 0.1) is 12.1 Å². The van der Waals surface area contributed by atoms with Crippen LogP contribution in [0.2, 0.25) is 0 Å². The predicted molar refractivity (Wildman–Crippen MR) is 71.5 cm³/mol. The monoisotopic (exact) mass is 295 g/mol. The number of hydrogen-bond donors (Lipinski definition) is 2. The van der Waals surface area contributed by atoms with Gasteiger partial charge in [0.2, 0.25) is 5.76 Å². The summed E-state index contributed by atoms with van der Waals surface area (Å²) in [6.45, 7) is 1.95. The lowest BCUT2D eigenvalue weighted by atomic mass is 10.2. The van der Waals surface area contributed by atoms with Crippen molar-refractivity contribution in [2.75, 3.05) is 0 Å². The average molecular weight is 295 g/mol. The molecule has 0 bridgehead atoms. The number of carboxylic acid groups (broad SMARTS) is 2. The number of furan rings is 1. The number of nitrogens with zero attached hydrogens (tertiary/aromatic N) is 1. The van der Waals surface area contributed by atoms with E-state index in [4.69, 9.17) is 14.6 Å². The Labute approximate surface area is 118 Å². The number of aromatic carboxylic acids is 2. The number of hydrogen-bond acceptors (Lipinski definition) is 5. The van der Waals surface area contributed by atoms with E-state index in [9.17, 15) is 9.59 Å². The van der Waals surface area contributed by atoms with Gasteiger partial charge in [-0.15, -0.1) is 11.3 Å². The molecule has 106 valence electrons. The maximum Gasteiger partial charge on any atom is 0.371 e. The summed E-state index contributed by atoms with van der Waals surface area (Å²) in [4.78, 5) is 26.4. The van der Waals surface area contributed by atoms with E-state index >= 15 is 0 Å². The number of aryl methyl sites for hydroxylation is 1. The molecular formula is C13H13NO5S. The van der Waals surface area contributed by atoms with Crippen LogP contribution in [0.15, 0.2) is 16.5 Å². The Morgan fingerprint density at radius 2 is 2.05 bits per heavy atom. The van der Waals surface area contributed by atoms with Gasteiger partial charge in [-0.1, -0.05) is 13.3 Å². The molecule has 2 heterocycles. The number of aromatic nitrogens is 1. The molecule has 0 atom stereocenters. The molecule has 6 nitrogen and oxygen atoms in total. The number of rotatable bonds is 6. The third-order valence-electron chi connectivity index (χ3n) is 2.62. The minimum absolute atomic E-state index is 0.135. The fourth-order valence-electron chi connectivity index (χ4n) is 1.79. The highest BCUT2D eigenvalue weighted by molar-refractivity contribution is 7.13. The summed E-state index contributed by atoms with van der Waals surface area (Å²) in [6.07, 6.45) is 1.71. The molecule has 0 aromatic carbocycles. The third-order valence-corrected chi connectivity index (χ3v) is 3.71. The SMILES string of the molecule is CCCc1nc(Cc2ccc(C(=O)O)o2)sc1C(=O)O. The van der Waals surface area contributed by atoms with Crippen molar-refractivity contribution in [2.45, 2.75) is 26.2 Å². The first kappa shape index (κ1) is 14.3. The largest absolute Gasteiger partial charge is 0.477 e. The highest BCUT2D eigenvalue weighted by Crippen LogP contribution is 2.23. The van der Waals surface area contributed by atoms with Crippen LogP contribution in [0.4, 0.5) is 0 Å². The van der Waals surface area contributed by atoms with E-state index in [2.05, 4.69) is 4.98 Å². The zero-order chi connectivity index (χ0) is 14.7. The first-order chi connectivity index (χ1) is 9.51. The summed E-state index contributed by atoms with van der Waals surface area (Å²) in [6, 6.07) is 2.93. The molecule has 20 heavy (non-hydrogen) atoms. The second-order valence-corrected chi connectivity index (χ2v) is 5.27. The molecule has 0 fully saturated rings. The first-order valence-electron chi connectivity index (χ1n) is 6.05. The molecule has 2 aromatic rings. The number of carboxylic acids is 2. The van der Waals surface area contributed by atoms with E-state index in [1.807, 2.05) is 6.92 Å². The molecule has 0 spiro atoms. The van der Waals surface area contributed by atoms with Crippen LogP contribution in [0.5, 0.6) is 0 Å². The van der Waals surface area contributed by atoms with E-state index in [0.29, 0.717) is 29.3 Å². The lowest BCUT2D eigenvalue weighted by molar-refractivity contribution is 0.0658. The molecule has 0 aliphatic rings.